The smallest absolute Gasteiger partial charge is 0.275 e. The molecule has 0 saturated heterocycles. The molecule has 3 aromatic rings. The SMILES string of the molecule is Cc1cn(C)nc1[C@H](Cc1c(Nc2ccnc(C(=O)N(C)C)c2O)c(=O)c1=O)C1(C)CCCC1. The van der Waals surface area contributed by atoms with Gasteiger partial charge in [0.1, 0.15) is 0 Å². The topological polar surface area (TPSA) is 117 Å². The minimum atomic E-state index is -0.625. The highest BCUT2D eigenvalue weighted by Crippen LogP contribution is 2.50. The molecule has 1 saturated carbocycles. The average molecular weight is 466 g/mol. The van der Waals surface area contributed by atoms with Crippen molar-refractivity contribution in [2.45, 2.75) is 51.9 Å². The summed E-state index contributed by atoms with van der Waals surface area (Å²) in [6.45, 7) is 4.26. The molecule has 1 aromatic carbocycles. The Morgan fingerprint density at radius 3 is 2.53 bits per heavy atom. The maximum Gasteiger partial charge on any atom is 0.275 e. The zero-order chi connectivity index (χ0) is 24.8. The fraction of sp³-hybridized carbons (Fsp3) is 0.480. The molecule has 1 fully saturated rings. The Balaban J connectivity index is 1.70. The lowest BCUT2D eigenvalue weighted by atomic mass is 9.70. The van der Waals surface area contributed by atoms with Crippen LogP contribution in [0.2, 0.25) is 0 Å². The van der Waals surface area contributed by atoms with Crippen LogP contribution in [0.4, 0.5) is 11.4 Å². The summed E-state index contributed by atoms with van der Waals surface area (Å²) in [6, 6.07) is 1.47. The van der Waals surface area contributed by atoms with Crippen molar-refractivity contribution in [3.8, 4) is 5.75 Å². The summed E-state index contributed by atoms with van der Waals surface area (Å²) >= 11 is 0. The summed E-state index contributed by atoms with van der Waals surface area (Å²) in [4.78, 5) is 42.8. The van der Waals surface area contributed by atoms with Crippen LogP contribution in [0.25, 0.3) is 0 Å². The van der Waals surface area contributed by atoms with Crippen molar-refractivity contribution in [2.24, 2.45) is 12.5 Å². The van der Waals surface area contributed by atoms with E-state index in [2.05, 4.69) is 17.2 Å². The minimum absolute atomic E-state index is 0.0167. The standard InChI is InChI=1S/C25H31N5O4/c1-14-13-30(5)28-18(14)16(25(2)9-6-7-10-25)12-15-19(23(33)21(15)31)27-17-8-11-26-20(22(17)32)24(34)29(3)4/h8,11,13,16,32H,6-7,9-10,12H2,1-5H3,(H,26,27)/t16-/m0/s1. The quantitative estimate of drug-likeness (QED) is 0.515. The number of pyridine rings is 1. The molecular formula is C25H31N5O4. The molecule has 34 heavy (non-hydrogen) atoms. The van der Waals surface area contributed by atoms with E-state index in [4.69, 9.17) is 5.10 Å². The molecule has 9 nitrogen and oxygen atoms in total. The highest BCUT2D eigenvalue weighted by molar-refractivity contribution is 5.96. The second-order valence-electron chi connectivity index (χ2n) is 9.88. The van der Waals surface area contributed by atoms with Gasteiger partial charge in [-0.3, -0.25) is 19.1 Å². The molecule has 4 rings (SSSR count). The molecule has 1 atom stereocenters. The first kappa shape index (κ1) is 23.7. The summed E-state index contributed by atoms with van der Waals surface area (Å²) in [7, 11) is 5.00. The van der Waals surface area contributed by atoms with Crippen LogP contribution >= 0.6 is 0 Å². The molecule has 1 aliphatic rings. The normalized spacial score (nSPS) is 16.0. The lowest BCUT2D eigenvalue weighted by Crippen LogP contribution is -2.40. The molecule has 9 heteroatoms. The fourth-order valence-electron chi connectivity index (χ4n) is 5.20. The number of carbonyl (C=O) groups is 1. The van der Waals surface area contributed by atoms with Gasteiger partial charge in [-0.1, -0.05) is 19.8 Å². The monoisotopic (exact) mass is 465 g/mol. The van der Waals surface area contributed by atoms with Gasteiger partial charge in [0.15, 0.2) is 11.4 Å². The van der Waals surface area contributed by atoms with Gasteiger partial charge in [-0.25, -0.2) is 4.98 Å². The Morgan fingerprint density at radius 2 is 1.94 bits per heavy atom. The number of nitrogens with zero attached hydrogens (tertiary/aromatic N) is 4. The second kappa shape index (κ2) is 8.70. The van der Waals surface area contributed by atoms with Gasteiger partial charge in [0, 0.05) is 45.0 Å². The first-order valence-corrected chi connectivity index (χ1v) is 11.5. The molecule has 180 valence electrons. The van der Waals surface area contributed by atoms with Gasteiger partial charge in [-0.15, -0.1) is 0 Å². The van der Waals surface area contributed by atoms with E-state index < -0.39 is 16.8 Å². The van der Waals surface area contributed by atoms with Crippen molar-refractivity contribution >= 4 is 17.3 Å². The van der Waals surface area contributed by atoms with Crippen LogP contribution < -0.4 is 16.2 Å². The van der Waals surface area contributed by atoms with Gasteiger partial charge in [-0.2, -0.15) is 5.10 Å². The number of hydrogen-bond acceptors (Lipinski definition) is 7. The summed E-state index contributed by atoms with van der Waals surface area (Å²) < 4.78 is 1.79. The Morgan fingerprint density at radius 1 is 1.26 bits per heavy atom. The van der Waals surface area contributed by atoms with Crippen molar-refractivity contribution in [1.29, 1.82) is 0 Å². The van der Waals surface area contributed by atoms with E-state index >= 15 is 0 Å². The molecule has 0 aliphatic heterocycles. The van der Waals surface area contributed by atoms with E-state index in [0.717, 1.165) is 36.9 Å². The number of aromatic nitrogens is 3. The third kappa shape index (κ3) is 3.99. The summed E-state index contributed by atoms with van der Waals surface area (Å²) in [6.07, 6.45) is 8.06. The third-order valence-corrected chi connectivity index (χ3v) is 7.18. The van der Waals surface area contributed by atoms with Crippen LogP contribution in [0.5, 0.6) is 5.75 Å². The van der Waals surface area contributed by atoms with Crippen molar-refractivity contribution in [2.75, 3.05) is 19.4 Å². The number of nitrogens with one attached hydrogen (secondary N) is 1. The van der Waals surface area contributed by atoms with Crippen LogP contribution in [0.15, 0.2) is 28.0 Å². The number of amides is 1. The molecule has 2 heterocycles. The molecule has 1 aliphatic carbocycles. The van der Waals surface area contributed by atoms with E-state index in [0.29, 0.717) is 12.0 Å². The molecule has 0 radical (unpaired) electrons. The molecule has 2 N–H and O–H groups in total. The zero-order valence-electron chi connectivity index (χ0n) is 20.3. The number of aryl methyl sites for hydroxylation is 2. The van der Waals surface area contributed by atoms with E-state index in [1.165, 1.54) is 17.2 Å². The number of anilines is 2. The zero-order valence-corrected chi connectivity index (χ0v) is 20.3. The number of aromatic hydroxyl groups is 1. The predicted octanol–water partition coefficient (Wildman–Crippen LogP) is 2.78. The Labute approximate surface area is 198 Å². The van der Waals surface area contributed by atoms with Crippen molar-refractivity contribution < 1.29 is 9.90 Å². The molecule has 0 spiro atoms. The van der Waals surface area contributed by atoms with Crippen LogP contribution in [-0.2, 0) is 13.5 Å². The van der Waals surface area contributed by atoms with Gasteiger partial charge in [-0.05, 0) is 43.2 Å². The van der Waals surface area contributed by atoms with Gasteiger partial charge in [0.05, 0.1) is 17.1 Å². The summed E-state index contributed by atoms with van der Waals surface area (Å²) in [5.41, 5.74) is 1.45. The number of rotatable bonds is 7. The second-order valence-corrected chi connectivity index (χ2v) is 9.88. The highest BCUT2D eigenvalue weighted by Gasteiger charge is 2.41. The largest absolute Gasteiger partial charge is 0.504 e. The van der Waals surface area contributed by atoms with E-state index in [1.807, 2.05) is 20.2 Å². The fourth-order valence-corrected chi connectivity index (χ4v) is 5.20. The summed E-state index contributed by atoms with van der Waals surface area (Å²) in [5.74, 6) is -0.844. The first-order valence-electron chi connectivity index (χ1n) is 11.5. The first-order chi connectivity index (χ1) is 16.0. The van der Waals surface area contributed by atoms with Gasteiger partial charge in [0.25, 0.3) is 5.91 Å². The van der Waals surface area contributed by atoms with E-state index in [-0.39, 0.29) is 34.2 Å². The Kier molecular flexibility index (Phi) is 6.05. The lowest BCUT2D eigenvalue weighted by molar-refractivity contribution is 0.0819. The third-order valence-electron chi connectivity index (χ3n) is 7.18. The van der Waals surface area contributed by atoms with E-state index in [1.54, 1.807) is 18.8 Å². The maximum absolute atomic E-state index is 12.7. The van der Waals surface area contributed by atoms with Crippen LogP contribution in [0, 0.1) is 12.3 Å². The lowest BCUT2D eigenvalue weighted by Gasteiger charge is -2.34. The van der Waals surface area contributed by atoms with Crippen LogP contribution in [0.1, 0.15) is 65.8 Å². The van der Waals surface area contributed by atoms with Crippen LogP contribution in [-0.4, -0.2) is 44.8 Å². The van der Waals surface area contributed by atoms with E-state index in [9.17, 15) is 19.5 Å². The Bertz CT molecular complexity index is 1310. The molecule has 0 unspecified atom stereocenters. The maximum atomic E-state index is 12.7. The van der Waals surface area contributed by atoms with Gasteiger partial charge < -0.3 is 15.3 Å². The van der Waals surface area contributed by atoms with Crippen molar-refractivity contribution in [1.82, 2.24) is 19.7 Å². The molecule has 0 bridgehead atoms. The van der Waals surface area contributed by atoms with Gasteiger partial charge in [0.2, 0.25) is 10.9 Å². The van der Waals surface area contributed by atoms with Crippen molar-refractivity contribution in [3.63, 3.8) is 0 Å². The number of hydrogen-bond donors (Lipinski definition) is 2. The highest BCUT2D eigenvalue weighted by atomic mass is 16.3. The van der Waals surface area contributed by atoms with Gasteiger partial charge >= 0.3 is 0 Å². The molecule has 2 aromatic heterocycles. The molecular weight excluding hydrogens is 434 g/mol. The van der Waals surface area contributed by atoms with Crippen LogP contribution in [0.3, 0.4) is 0 Å². The Hall–Kier alpha value is -3.49. The van der Waals surface area contributed by atoms with Crippen molar-refractivity contribution in [3.05, 3.63) is 61.4 Å². The predicted molar refractivity (Wildman–Crippen MR) is 130 cm³/mol. The number of carbonyl (C=O) groups excluding carboxylic acids is 1. The average Bonchev–Trinajstić information content (AvgIpc) is 3.38. The minimum Gasteiger partial charge on any atom is -0.504 e. The molecule has 1 amide bonds. The summed E-state index contributed by atoms with van der Waals surface area (Å²) in [5, 5.41) is 18.3.